The summed E-state index contributed by atoms with van der Waals surface area (Å²) < 4.78 is 6.24. The molecule has 1 aromatic rings. The van der Waals surface area contributed by atoms with E-state index < -0.39 is 23.7 Å². The molecule has 0 bridgehead atoms. The average Bonchev–Trinajstić information content (AvgIpc) is 3.22. The summed E-state index contributed by atoms with van der Waals surface area (Å²) >= 11 is 1.64. The third kappa shape index (κ3) is 6.95. The number of fused-ring (bicyclic) bond motifs is 1. The van der Waals surface area contributed by atoms with Crippen molar-refractivity contribution >= 4 is 17.4 Å². The van der Waals surface area contributed by atoms with Gasteiger partial charge in [0.1, 0.15) is 0 Å². The number of rotatable bonds is 2. The van der Waals surface area contributed by atoms with E-state index in [2.05, 4.69) is 51.1 Å². The first kappa shape index (κ1) is 28.8. The summed E-state index contributed by atoms with van der Waals surface area (Å²) in [4.78, 5) is 4.59. The normalized spacial score (nSPS) is 41.9. The topological polar surface area (TPSA) is 86.1 Å². The van der Waals surface area contributed by atoms with Gasteiger partial charge in [0.05, 0.1) is 40.7 Å². The zero-order chi connectivity index (χ0) is 26.1. The van der Waals surface area contributed by atoms with Gasteiger partial charge in [-0.1, -0.05) is 53.0 Å². The fourth-order valence-electron chi connectivity index (χ4n) is 6.04. The molecule has 1 saturated heterocycles. The average molecular weight is 508 g/mol. The maximum atomic E-state index is 11.3. The van der Waals surface area contributed by atoms with Crippen LogP contribution in [0, 0.1) is 36.0 Å². The summed E-state index contributed by atoms with van der Waals surface area (Å²) in [6.45, 7) is 16.8. The van der Waals surface area contributed by atoms with Crippen molar-refractivity contribution < 1.29 is 20.1 Å². The molecule has 0 radical (unpaired) electrons. The van der Waals surface area contributed by atoms with Gasteiger partial charge in [-0.05, 0) is 76.2 Å². The zero-order valence-corrected chi connectivity index (χ0v) is 23.9. The van der Waals surface area contributed by atoms with Crippen LogP contribution in [0.1, 0.15) is 97.7 Å². The van der Waals surface area contributed by atoms with Crippen LogP contribution < -0.4 is 0 Å². The number of hydrogen-bond donors (Lipinski definition) is 3. The van der Waals surface area contributed by atoms with E-state index in [1.165, 1.54) is 5.57 Å². The minimum absolute atomic E-state index is 0.0553. The fraction of sp³-hybridized carbons (Fsp3) is 0.828. The Balaban J connectivity index is 1.84. The molecule has 3 rings (SSSR count). The summed E-state index contributed by atoms with van der Waals surface area (Å²) in [6, 6.07) is 0. The van der Waals surface area contributed by atoms with Gasteiger partial charge in [-0.15, -0.1) is 11.3 Å². The third-order valence-electron chi connectivity index (χ3n) is 9.42. The molecular weight excluding hydrogens is 458 g/mol. The fourth-order valence-corrected chi connectivity index (χ4v) is 6.61. The minimum Gasteiger partial charge on any atom is -0.393 e. The number of thiazole rings is 1. The first-order chi connectivity index (χ1) is 16.2. The van der Waals surface area contributed by atoms with Crippen LogP contribution >= 0.6 is 11.3 Å². The number of epoxide rings is 1. The van der Waals surface area contributed by atoms with E-state index in [-0.39, 0.29) is 30.0 Å². The Morgan fingerprint density at radius 1 is 1.09 bits per heavy atom. The van der Waals surface area contributed by atoms with Crippen molar-refractivity contribution in [2.45, 2.75) is 124 Å². The number of hydrogen-bond acceptors (Lipinski definition) is 6. The van der Waals surface area contributed by atoms with Gasteiger partial charge in [-0.2, -0.15) is 0 Å². The Kier molecular flexibility index (Phi) is 9.29. The molecule has 6 unspecified atom stereocenters. The maximum absolute atomic E-state index is 11.3. The predicted molar refractivity (Wildman–Crippen MR) is 144 cm³/mol. The van der Waals surface area contributed by atoms with E-state index in [9.17, 15) is 15.3 Å². The molecule has 2 fully saturated rings. The number of aromatic nitrogens is 1. The molecule has 1 aliphatic carbocycles. The highest BCUT2D eigenvalue weighted by atomic mass is 32.1. The van der Waals surface area contributed by atoms with Crippen LogP contribution in [-0.2, 0) is 4.74 Å². The second-order valence-electron chi connectivity index (χ2n) is 12.5. The SMILES string of the molecule is C/C(=C\c1csc(C)n1)C1CC(O)CC(O)C(C)(C)C(O)C(C)[C@@H](C)C(C)CCC[C@@]2(C)O[C@H]2C1. The number of aryl methyl sites for hydroxylation is 1. The largest absolute Gasteiger partial charge is 0.393 e. The molecule has 2 aliphatic rings. The van der Waals surface area contributed by atoms with Crippen LogP contribution in [-0.4, -0.2) is 50.3 Å². The lowest BCUT2D eigenvalue weighted by Gasteiger charge is -2.42. The molecule has 3 N–H and O–H groups in total. The van der Waals surface area contributed by atoms with Gasteiger partial charge >= 0.3 is 0 Å². The Bertz CT molecular complexity index is 867. The molecular formula is C29H49NO4S. The lowest BCUT2D eigenvalue weighted by Crippen LogP contribution is -2.47. The second kappa shape index (κ2) is 11.3. The van der Waals surface area contributed by atoms with Crippen molar-refractivity contribution in [1.29, 1.82) is 0 Å². The van der Waals surface area contributed by atoms with E-state index in [1.807, 2.05) is 20.8 Å². The molecule has 35 heavy (non-hydrogen) atoms. The van der Waals surface area contributed by atoms with Crippen LogP contribution in [0.15, 0.2) is 11.0 Å². The van der Waals surface area contributed by atoms with Crippen LogP contribution in [0.5, 0.6) is 0 Å². The van der Waals surface area contributed by atoms with Gasteiger partial charge in [-0.3, -0.25) is 0 Å². The van der Waals surface area contributed by atoms with E-state index in [0.29, 0.717) is 18.3 Å². The van der Waals surface area contributed by atoms with Crippen molar-refractivity contribution in [2.24, 2.45) is 29.1 Å². The van der Waals surface area contributed by atoms with Crippen molar-refractivity contribution in [3.8, 4) is 0 Å². The quantitative estimate of drug-likeness (QED) is 0.428. The number of nitrogens with zero attached hydrogens (tertiary/aromatic N) is 1. The monoisotopic (exact) mass is 507 g/mol. The number of ether oxygens (including phenoxy) is 1. The van der Waals surface area contributed by atoms with Gasteiger partial charge in [0.25, 0.3) is 0 Å². The predicted octanol–water partition coefficient (Wildman–Crippen LogP) is 6.00. The summed E-state index contributed by atoms with van der Waals surface area (Å²) in [5.74, 6) is 1.01. The number of aliphatic hydroxyl groups is 3. The number of aliphatic hydroxyl groups excluding tert-OH is 3. The highest BCUT2D eigenvalue weighted by molar-refractivity contribution is 7.09. The van der Waals surface area contributed by atoms with Gasteiger partial charge < -0.3 is 20.1 Å². The summed E-state index contributed by atoms with van der Waals surface area (Å²) in [7, 11) is 0. The van der Waals surface area contributed by atoms with E-state index >= 15 is 0 Å². The Hall–Kier alpha value is -0.790. The molecule has 0 aromatic carbocycles. The van der Waals surface area contributed by atoms with E-state index in [4.69, 9.17) is 4.74 Å². The third-order valence-corrected chi connectivity index (χ3v) is 10.2. The zero-order valence-electron chi connectivity index (χ0n) is 23.1. The van der Waals surface area contributed by atoms with Crippen molar-refractivity contribution in [1.82, 2.24) is 4.98 Å². The van der Waals surface area contributed by atoms with Crippen molar-refractivity contribution in [3.05, 3.63) is 21.7 Å². The van der Waals surface area contributed by atoms with Gasteiger partial charge in [-0.25, -0.2) is 4.98 Å². The van der Waals surface area contributed by atoms with Crippen LogP contribution in [0.4, 0.5) is 0 Å². The van der Waals surface area contributed by atoms with Gasteiger partial charge in [0.2, 0.25) is 0 Å². The Morgan fingerprint density at radius 3 is 2.40 bits per heavy atom. The van der Waals surface area contributed by atoms with Crippen LogP contribution in [0.25, 0.3) is 6.08 Å². The second-order valence-corrected chi connectivity index (χ2v) is 13.6. The molecule has 9 atom stereocenters. The molecule has 0 spiro atoms. The molecule has 1 aliphatic heterocycles. The number of allylic oxidation sites excluding steroid dienone is 1. The van der Waals surface area contributed by atoms with Crippen molar-refractivity contribution in [3.63, 3.8) is 0 Å². The molecule has 1 aromatic heterocycles. The van der Waals surface area contributed by atoms with Crippen LogP contribution in [0.3, 0.4) is 0 Å². The first-order valence-corrected chi connectivity index (χ1v) is 14.4. The van der Waals surface area contributed by atoms with Gasteiger partial charge in [0.15, 0.2) is 0 Å². The molecule has 5 nitrogen and oxygen atoms in total. The highest BCUT2D eigenvalue weighted by Crippen LogP contribution is 2.47. The molecule has 1 saturated carbocycles. The first-order valence-electron chi connectivity index (χ1n) is 13.6. The molecule has 2 heterocycles. The summed E-state index contributed by atoms with van der Waals surface area (Å²) in [5, 5.41) is 36.6. The van der Waals surface area contributed by atoms with Crippen molar-refractivity contribution in [2.75, 3.05) is 0 Å². The Labute approximate surface area is 217 Å². The van der Waals surface area contributed by atoms with Gasteiger partial charge in [0, 0.05) is 10.8 Å². The summed E-state index contributed by atoms with van der Waals surface area (Å²) in [5.41, 5.74) is 1.36. The summed E-state index contributed by atoms with van der Waals surface area (Å²) in [6.07, 6.45) is 5.17. The lowest BCUT2D eigenvalue weighted by molar-refractivity contribution is -0.0978. The highest BCUT2D eigenvalue weighted by Gasteiger charge is 2.52. The van der Waals surface area contributed by atoms with E-state index in [1.54, 1.807) is 11.3 Å². The molecule has 200 valence electrons. The maximum Gasteiger partial charge on any atom is 0.0920 e. The smallest absolute Gasteiger partial charge is 0.0920 e. The Morgan fingerprint density at radius 2 is 1.77 bits per heavy atom. The van der Waals surface area contributed by atoms with Crippen LogP contribution in [0.2, 0.25) is 0 Å². The molecule has 0 amide bonds. The lowest BCUT2D eigenvalue weighted by atomic mass is 9.68. The van der Waals surface area contributed by atoms with E-state index in [0.717, 1.165) is 36.4 Å². The standard InChI is InChI=1S/C29H49NO4S/c1-17-10-9-11-29(8)26(34-29)14-22(18(2)12-23-16-35-21(5)30-23)13-24(31)15-25(32)28(6,7)27(33)20(4)19(17)3/h12,16-17,19-20,22,24-27,31-33H,9-11,13-15H2,1-8H3/b18-12+/t17?,19-,20?,22?,24?,25?,26-,27?,29+/m0/s1. The molecule has 6 heteroatoms. The minimum atomic E-state index is -0.793.